The molecule has 7 nitrogen and oxygen atoms in total. The molecule has 0 saturated carbocycles. The normalized spacial score (nSPS) is 13.1. The fourth-order valence-corrected chi connectivity index (χ4v) is 3.71. The SMILES string of the molecule is CCC(COC)Oc1cc2c(NCc3cccc(C(F)(F)C(C)(C)O)c3F)nc(C)nc2cc1OC. The molecule has 36 heavy (non-hydrogen) atoms. The van der Waals surface area contributed by atoms with Crippen LogP contribution in [0.1, 0.15) is 44.1 Å². The van der Waals surface area contributed by atoms with Gasteiger partial charge in [-0.3, -0.25) is 0 Å². The lowest BCUT2D eigenvalue weighted by Gasteiger charge is -2.30. The lowest BCUT2D eigenvalue weighted by atomic mass is 9.92. The lowest BCUT2D eigenvalue weighted by Crippen LogP contribution is -2.41. The van der Waals surface area contributed by atoms with Crippen LogP contribution in [0.5, 0.6) is 11.5 Å². The molecule has 0 aliphatic heterocycles. The minimum Gasteiger partial charge on any atom is -0.493 e. The molecule has 3 aromatic rings. The zero-order valence-corrected chi connectivity index (χ0v) is 21.3. The van der Waals surface area contributed by atoms with Crippen LogP contribution in [-0.2, 0) is 17.2 Å². The Morgan fingerprint density at radius 3 is 2.44 bits per heavy atom. The number of nitrogens with zero attached hydrogens (tertiary/aromatic N) is 2. The molecule has 196 valence electrons. The molecule has 1 atom stereocenters. The van der Waals surface area contributed by atoms with Gasteiger partial charge in [-0.15, -0.1) is 0 Å². The summed E-state index contributed by atoms with van der Waals surface area (Å²) in [5.74, 6) is -3.11. The number of anilines is 1. The van der Waals surface area contributed by atoms with Gasteiger partial charge in [0, 0.05) is 30.7 Å². The van der Waals surface area contributed by atoms with Crippen molar-refractivity contribution in [2.24, 2.45) is 0 Å². The van der Waals surface area contributed by atoms with Crippen molar-refractivity contribution in [2.45, 2.75) is 58.3 Å². The van der Waals surface area contributed by atoms with E-state index in [1.54, 1.807) is 26.2 Å². The third-order valence-electron chi connectivity index (χ3n) is 5.83. The molecular formula is C26H32F3N3O4. The maximum Gasteiger partial charge on any atom is 0.303 e. The number of alkyl halides is 2. The van der Waals surface area contributed by atoms with Gasteiger partial charge in [0.1, 0.15) is 29.2 Å². The van der Waals surface area contributed by atoms with Crippen LogP contribution in [0.2, 0.25) is 0 Å². The van der Waals surface area contributed by atoms with E-state index in [-0.39, 0.29) is 18.2 Å². The quantitative estimate of drug-likeness (QED) is 0.361. The number of rotatable bonds is 11. The molecule has 0 amide bonds. The first kappa shape index (κ1) is 27.5. The van der Waals surface area contributed by atoms with Crippen LogP contribution < -0.4 is 14.8 Å². The Morgan fingerprint density at radius 1 is 1.11 bits per heavy atom. The number of benzene rings is 2. The van der Waals surface area contributed by atoms with E-state index in [1.807, 2.05) is 6.92 Å². The Kier molecular flexibility index (Phi) is 8.30. The molecule has 2 N–H and O–H groups in total. The van der Waals surface area contributed by atoms with Crippen molar-refractivity contribution >= 4 is 16.7 Å². The number of ether oxygens (including phenoxy) is 3. The fourth-order valence-electron chi connectivity index (χ4n) is 3.71. The van der Waals surface area contributed by atoms with E-state index in [0.29, 0.717) is 47.1 Å². The monoisotopic (exact) mass is 507 g/mol. The maximum absolute atomic E-state index is 15.1. The van der Waals surface area contributed by atoms with Crippen molar-refractivity contribution in [3.8, 4) is 11.5 Å². The van der Waals surface area contributed by atoms with Gasteiger partial charge in [0.2, 0.25) is 0 Å². The molecule has 0 saturated heterocycles. The number of hydrogen-bond acceptors (Lipinski definition) is 7. The average molecular weight is 508 g/mol. The van der Waals surface area contributed by atoms with Crippen LogP contribution in [0.15, 0.2) is 30.3 Å². The number of aromatic nitrogens is 2. The van der Waals surface area contributed by atoms with Gasteiger partial charge in [0.05, 0.1) is 24.8 Å². The van der Waals surface area contributed by atoms with Gasteiger partial charge in [-0.05, 0) is 39.3 Å². The number of aliphatic hydroxyl groups is 1. The Balaban J connectivity index is 1.99. The first-order valence-electron chi connectivity index (χ1n) is 11.6. The second kappa shape index (κ2) is 10.9. The highest BCUT2D eigenvalue weighted by Crippen LogP contribution is 2.40. The zero-order valence-electron chi connectivity index (χ0n) is 21.3. The van der Waals surface area contributed by atoms with Gasteiger partial charge in [-0.1, -0.05) is 19.1 Å². The number of aryl methyl sites for hydroxylation is 1. The van der Waals surface area contributed by atoms with Gasteiger partial charge in [0.25, 0.3) is 0 Å². The summed E-state index contributed by atoms with van der Waals surface area (Å²) in [6.45, 7) is 5.82. The molecule has 0 aliphatic rings. The van der Waals surface area contributed by atoms with E-state index in [1.165, 1.54) is 19.2 Å². The standard InChI is InChI=1S/C26H32F3N3O4/c1-7-17(14-34-5)36-22-11-18-20(12-21(22)35-6)31-15(2)32-24(18)30-13-16-9-8-10-19(23(16)27)26(28,29)25(3,4)33/h8-12,17,33H,7,13-14H2,1-6H3,(H,30,31,32). The van der Waals surface area contributed by atoms with Crippen molar-refractivity contribution in [3.63, 3.8) is 0 Å². The van der Waals surface area contributed by atoms with Crippen molar-refractivity contribution in [1.29, 1.82) is 0 Å². The number of fused-ring (bicyclic) bond motifs is 1. The van der Waals surface area contributed by atoms with Crippen molar-refractivity contribution < 1.29 is 32.5 Å². The predicted octanol–water partition coefficient (Wildman–Crippen LogP) is 5.36. The molecule has 0 spiro atoms. The Labute approximate surface area is 208 Å². The molecule has 0 aliphatic carbocycles. The number of nitrogens with one attached hydrogen (secondary N) is 1. The predicted molar refractivity (Wildman–Crippen MR) is 131 cm³/mol. The highest BCUT2D eigenvalue weighted by molar-refractivity contribution is 5.91. The van der Waals surface area contributed by atoms with Gasteiger partial charge < -0.3 is 24.6 Å². The average Bonchev–Trinajstić information content (AvgIpc) is 2.81. The molecule has 1 aromatic heterocycles. The van der Waals surface area contributed by atoms with Crippen LogP contribution >= 0.6 is 0 Å². The molecule has 0 radical (unpaired) electrons. The summed E-state index contributed by atoms with van der Waals surface area (Å²) in [5, 5.41) is 13.5. The Bertz CT molecular complexity index is 1220. The first-order chi connectivity index (χ1) is 16.9. The molecule has 1 unspecified atom stereocenters. The Hall–Kier alpha value is -3.11. The molecule has 0 bridgehead atoms. The van der Waals surface area contributed by atoms with Crippen molar-refractivity contribution in [3.05, 3.63) is 53.1 Å². The second-order valence-corrected chi connectivity index (χ2v) is 9.01. The summed E-state index contributed by atoms with van der Waals surface area (Å²) >= 11 is 0. The minimum atomic E-state index is -3.79. The molecular weight excluding hydrogens is 475 g/mol. The highest BCUT2D eigenvalue weighted by Gasteiger charge is 2.48. The maximum atomic E-state index is 15.1. The lowest BCUT2D eigenvalue weighted by molar-refractivity contribution is -0.170. The zero-order chi connectivity index (χ0) is 26.7. The van der Waals surface area contributed by atoms with E-state index >= 15 is 4.39 Å². The van der Waals surface area contributed by atoms with Crippen molar-refractivity contribution in [2.75, 3.05) is 26.1 Å². The van der Waals surface area contributed by atoms with Crippen LogP contribution in [0, 0.1) is 12.7 Å². The summed E-state index contributed by atoms with van der Waals surface area (Å²) in [6.07, 6.45) is 0.494. The Morgan fingerprint density at radius 2 is 1.83 bits per heavy atom. The molecule has 1 heterocycles. The molecule has 10 heteroatoms. The third-order valence-corrected chi connectivity index (χ3v) is 5.83. The van der Waals surface area contributed by atoms with E-state index in [9.17, 15) is 13.9 Å². The fraction of sp³-hybridized carbons (Fsp3) is 0.462. The number of methoxy groups -OCH3 is 2. The summed E-state index contributed by atoms with van der Waals surface area (Å²) in [5.41, 5.74) is -2.75. The molecule has 0 fully saturated rings. The van der Waals surface area contributed by atoms with E-state index in [4.69, 9.17) is 14.2 Å². The minimum absolute atomic E-state index is 0.00281. The molecule has 3 rings (SSSR count). The highest BCUT2D eigenvalue weighted by atomic mass is 19.3. The van der Waals surface area contributed by atoms with Gasteiger partial charge in [-0.25, -0.2) is 14.4 Å². The van der Waals surface area contributed by atoms with E-state index < -0.39 is 22.9 Å². The van der Waals surface area contributed by atoms with Crippen LogP contribution in [0.25, 0.3) is 10.9 Å². The topological polar surface area (TPSA) is 85.7 Å². The smallest absolute Gasteiger partial charge is 0.303 e. The van der Waals surface area contributed by atoms with Crippen LogP contribution in [-0.4, -0.2) is 47.6 Å². The summed E-state index contributed by atoms with van der Waals surface area (Å²) in [4.78, 5) is 8.89. The van der Waals surface area contributed by atoms with Gasteiger partial charge in [0.15, 0.2) is 11.5 Å². The largest absolute Gasteiger partial charge is 0.493 e. The van der Waals surface area contributed by atoms with Crippen molar-refractivity contribution in [1.82, 2.24) is 9.97 Å². The van der Waals surface area contributed by atoms with E-state index in [0.717, 1.165) is 19.9 Å². The van der Waals surface area contributed by atoms with Gasteiger partial charge in [-0.2, -0.15) is 8.78 Å². The van der Waals surface area contributed by atoms with Crippen LogP contribution in [0.4, 0.5) is 19.0 Å². The summed E-state index contributed by atoms with van der Waals surface area (Å²) in [7, 11) is 3.12. The van der Waals surface area contributed by atoms with Crippen LogP contribution in [0.3, 0.4) is 0 Å². The second-order valence-electron chi connectivity index (χ2n) is 9.01. The molecule has 2 aromatic carbocycles. The van der Waals surface area contributed by atoms with Gasteiger partial charge >= 0.3 is 5.92 Å². The third kappa shape index (κ3) is 5.65. The number of hydrogen-bond donors (Lipinski definition) is 2. The van der Waals surface area contributed by atoms with E-state index in [2.05, 4.69) is 15.3 Å². The first-order valence-corrected chi connectivity index (χ1v) is 11.6. The summed E-state index contributed by atoms with van der Waals surface area (Å²) < 4.78 is 61.2. The summed E-state index contributed by atoms with van der Waals surface area (Å²) in [6, 6.07) is 7.15. The number of halogens is 3.